The highest BCUT2D eigenvalue weighted by Gasteiger charge is 2.40. The van der Waals surface area contributed by atoms with E-state index in [4.69, 9.17) is 16.3 Å². The molecule has 1 unspecified atom stereocenters. The summed E-state index contributed by atoms with van der Waals surface area (Å²) >= 11 is 6.24. The van der Waals surface area contributed by atoms with Crippen LogP contribution in [0.1, 0.15) is 38.7 Å². The molecule has 0 aromatic heterocycles. The molecule has 2 rings (SSSR count). The van der Waals surface area contributed by atoms with Gasteiger partial charge >= 0.3 is 0 Å². The fourth-order valence-electron chi connectivity index (χ4n) is 3.01. The lowest BCUT2D eigenvalue weighted by Crippen LogP contribution is -2.39. The Hall–Kier alpha value is -0.610. The van der Waals surface area contributed by atoms with Crippen molar-refractivity contribution >= 4 is 11.6 Å². The van der Waals surface area contributed by atoms with Gasteiger partial charge < -0.3 is 14.9 Å². The van der Waals surface area contributed by atoms with E-state index in [-0.39, 0.29) is 24.9 Å². The summed E-state index contributed by atoms with van der Waals surface area (Å²) < 4.78 is 6.00. The summed E-state index contributed by atoms with van der Waals surface area (Å²) in [6.07, 6.45) is 2.56. The van der Waals surface area contributed by atoms with Gasteiger partial charge in [-0.3, -0.25) is 0 Å². The van der Waals surface area contributed by atoms with E-state index in [0.717, 1.165) is 18.4 Å². The van der Waals surface area contributed by atoms with Crippen LogP contribution < -0.4 is 0 Å². The zero-order valence-corrected chi connectivity index (χ0v) is 12.9. The van der Waals surface area contributed by atoms with Crippen LogP contribution in [-0.2, 0) is 10.2 Å². The standard InChI is InChI=1S/C16H23ClO3/c1-15(2)8-7-12(20-15)9-16(10-18,11-19)13-5-3-4-6-14(13)17/h3-6,12,18-19H,7-11H2,1-2H3. The van der Waals surface area contributed by atoms with Gasteiger partial charge in [-0.05, 0) is 44.7 Å². The van der Waals surface area contributed by atoms with Gasteiger partial charge in [-0.25, -0.2) is 0 Å². The second-order valence-electron chi connectivity index (χ2n) is 6.32. The molecule has 0 spiro atoms. The molecule has 20 heavy (non-hydrogen) atoms. The normalized spacial score (nSPS) is 22.1. The number of halogens is 1. The Labute approximate surface area is 125 Å². The lowest BCUT2D eigenvalue weighted by molar-refractivity contribution is -0.0381. The van der Waals surface area contributed by atoms with E-state index >= 15 is 0 Å². The van der Waals surface area contributed by atoms with Crippen molar-refractivity contribution in [1.82, 2.24) is 0 Å². The molecule has 0 bridgehead atoms. The predicted octanol–water partition coefficient (Wildman–Crippen LogP) is 2.91. The van der Waals surface area contributed by atoms with Crippen molar-refractivity contribution in [3.05, 3.63) is 34.9 Å². The number of aliphatic hydroxyl groups excluding tert-OH is 2. The van der Waals surface area contributed by atoms with Gasteiger partial charge in [0, 0.05) is 10.4 Å². The molecular formula is C16H23ClO3. The molecule has 1 aromatic carbocycles. The Morgan fingerprint density at radius 3 is 2.45 bits per heavy atom. The number of ether oxygens (including phenoxy) is 1. The first-order chi connectivity index (χ1) is 9.42. The molecule has 4 heteroatoms. The lowest BCUT2D eigenvalue weighted by Gasteiger charge is -2.34. The molecule has 1 fully saturated rings. The molecule has 112 valence electrons. The summed E-state index contributed by atoms with van der Waals surface area (Å²) in [5, 5.41) is 20.3. The molecule has 1 aromatic rings. The van der Waals surface area contributed by atoms with Crippen molar-refractivity contribution in [2.75, 3.05) is 13.2 Å². The second-order valence-corrected chi connectivity index (χ2v) is 6.73. The fraction of sp³-hybridized carbons (Fsp3) is 0.625. The van der Waals surface area contributed by atoms with Gasteiger partial charge in [-0.15, -0.1) is 0 Å². The van der Waals surface area contributed by atoms with E-state index in [2.05, 4.69) is 13.8 Å². The zero-order chi connectivity index (χ0) is 14.8. The first-order valence-corrected chi connectivity index (χ1v) is 7.45. The summed E-state index contributed by atoms with van der Waals surface area (Å²) in [5.74, 6) is 0. The van der Waals surface area contributed by atoms with Crippen LogP contribution in [0.25, 0.3) is 0 Å². The Bertz CT molecular complexity index is 455. The average molecular weight is 299 g/mol. The highest BCUT2D eigenvalue weighted by atomic mass is 35.5. The molecule has 1 atom stereocenters. The van der Waals surface area contributed by atoms with Crippen molar-refractivity contribution in [3.63, 3.8) is 0 Å². The Balaban J connectivity index is 2.25. The summed E-state index contributed by atoms with van der Waals surface area (Å²) in [6.45, 7) is 3.85. The molecule has 0 radical (unpaired) electrons. The molecule has 1 saturated heterocycles. The average Bonchev–Trinajstić information content (AvgIpc) is 2.76. The van der Waals surface area contributed by atoms with Crippen LogP contribution in [0.2, 0.25) is 5.02 Å². The van der Waals surface area contributed by atoms with Gasteiger partial charge in [0.25, 0.3) is 0 Å². The summed E-state index contributed by atoms with van der Waals surface area (Å²) in [4.78, 5) is 0. The van der Waals surface area contributed by atoms with Crippen LogP contribution in [0.3, 0.4) is 0 Å². The summed E-state index contributed by atoms with van der Waals surface area (Å²) in [5.41, 5.74) is -0.0782. The van der Waals surface area contributed by atoms with E-state index in [9.17, 15) is 10.2 Å². The highest BCUT2D eigenvalue weighted by molar-refractivity contribution is 6.31. The zero-order valence-electron chi connectivity index (χ0n) is 12.1. The van der Waals surface area contributed by atoms with Crippen molar-refractivity contribution in [1.29, 1.82) is 0 Å². The molecule has 1 aliphatic heterocycles. The SMILES string of the molecule is CC1(C)CCC(CC(CO)(CO)c2ccccc2Cl)O1. The number of benzene rings is 1. The van der Waals surface area contributed by atoms with Crippen LogP contribution in [0, 0.1) is 0 Å². The molecule has 1 aliphatic rings. The first kappa shape index (κ1) is 15.8. The maximum absolute atomic E-state index is 9.87. The molecule has 3 nitrogen and oxygen atoms in total. The Morgan fingerprint density at radius 1 is 1.30 bits per heavy atom. The van der Waals surface area contributed by atoms with Crippen molar-refractivity contribution in [2.45, 2.75) is 50.2 Å². The van der Waals surface area contributed by atoms with E-state index in [1.54, 1.807) is 6.07 Å². The third-order valence-corrected chi connectivity index (χ3v) is 4.55. The minimum absolute atomic E-state index is 0.0422. The monoisotopic (exact) mass is 298 g/mol. The van der Waals surface area contributed by atoms with Crippen LogP contribution >= 0.6 is 11.6 Å². The van der Waals surface area contributed by atoms with Crippen LogP contribution in [-0.4, -0.2) is 35.1 Å². The van der Waals surface area contributed by atoms with Crippen molar-refractivity contribution < 1.29 is 14.9 Å². The third kappa shape index (κ3) is 3.17. The van der Waals surface area contributed by atoms with Gasteiger partial charge in [-0.1, -0.05) is 29.8 Å². The van der Waals surface area contributed by atoms with E-state index < -0.39 is 5.41 Å². The summed E-state index contributed by atoms with van der Waals surface area (Å²) in [7, 11) is 0. The highest BCUT2D eigenvalue weighted by Crippen LogP contribution is 2.39. The molecular weight excluding hydrogens is 276 g/mol. The fourth-order valence-corrected chi connectivity index (χ4v) is 3.34. The second kappa shape index (κ2) is 6.02. The minimum Gasteiger partial charge on any atom is -0.395 e. The van der Waals surface area contributed by atoms with Gasteiger partial charge in [0.2, 0.25) is 0 Å². The summed E-state index contributed by atoms with van der Waals surface area (Å²) in [6, 6.07) is 7.38. The third-order valence-electron chi connectivity index (χ3n) is 4.22. The smallest absolute Gasteiger partial charge is 0.0631 e. The largest absolute Gasteiger partial charge is 0.395 e. The quantitative estimate of drug-likeness (QED) is 0.879. The Kier molecular flexibility index (Phi) is 4.75. The van der Waals surface area contributed by atoms with Gasteiger partial charge in [0.15, 0.2) is 0 Å². The lowest BCUT2D eigenvalue weighted by atomic mass is 9.77. The van der Waals surface area contributed by atoms with Crippen LogP contribution in [0.15, 0.2) is 24.3 Å². The van der Waals surface area contributed by atoms with Crippen molar-refractivity contribution in [2.24, 2.45) is 0 Å². The van der Waals surface area contributed by atoms with Gasteiger partial charge in [-0.2, -0.15) is 0 Å². The molecule has 0 aliphatic carbocycles. The molecule has 0 saturated carbocycles. The topological polar surface area (TPSA) is 49.7 Å². The Morgan fingerprint density at radius 2 is 1.95 bits per heavy atom. The molecule has 2 N–H and O–H groups in total. The molecule has 1 heterocycles. The maximum Gasteiger partial charge on any atom is 0.0631 e. The number of hydrogen-bond donors (Lipinski definition) is 2. The van der Waals surface area contributed by atoms with Crippen LogP contribution in [0.5, 0.6) is 0 Å². The number of hydrogen-bond acceptors (Lipinski definition) is 3. The maximum atomic E-state index is 9.87. The van der Waals surface area contributed by atoms with E-state index in [1.807, 2.05) is 18.2 Å². The molecule has 0 amide bonds. The van der Waals surface area contributed by atoms with Crippen LogP contribution in [0.4, 0.5) is 0 Å². The number of aliphatic hydroxyl groups is 2. The van der Waals surface area contributed by atoms with Crippen molar-refractivity contribution in [3.8, 4) is 0 Å². The van der Waals surface area contributed by atoms with E-state index in [1.165, 1.54) is 0 Å². The minimum atomic E-state index is -0.747. The van der Waals surface area contributed by atoms with E-state index in [0.29, 0.717) is 11.4 Å². The van der Waals surface area contributed by atoms with Gasteiger partial charge in [0.1, 0.15) is 0 Å². The first-order valence-electron chi connectivity index (χ1n) is 7.07. The predicted molar refractivity (Wildman–Crippen MR) is 80.1 cm³/mol. The van der Waals surface area contributed by atoms with Gasteiger partial charge in [0.05, 0.1) is 24.9 Å². The number of rotatable bonds is 5.